The molecule has 0 fully saturated rings. The number of fused-ring (bicyclic) bond motifs is 1. The van der Waals surface area contributed by atoms with E-state index in [0.717, 1.165) is 5.56 Å². The Balaban J connectivity index is 2.49. The lowest BCUT2D eigenvalue weighted by Crippen LogP contribution is -2.43. The Labute approximate surface area is 122 Å². The lowest BCUT2D eigenvalue weighted by Gasteiger charge is -2.23. The minimum atomic E-state index is -1.08. The summed E-state index contributed by atoms with van der Waals surface area (Å²) < 4.78 is 10.3. The number of carbonyl (C=O) groups excluding carboxylic acids is 1. The number of carboxylic acid groups (broad SMARTS) is 1. The van der Waals surface area contributed by atoms with E-state index in [2.05, 4.69) is 6.58 Å². The normalized spacial score (nSPS) is 16.3. The molecule has 6 nitrogen and oxygen atoms in total. The number of benzene rings is 1. The van der Waals surface area contributed by atoms with E-state index in [1.807, 2.05) is 6.92 Å². The molecule has 1 aromatic carbocycles. The molecule has 0 aromatic heterocycles. The maximum Gasteiger partial charge on any atom is 0.415 e. The second-order valence-electron chi connectivity index (χ2n) is 4.71. The third kappa shape index (κ3) is 2.56. The lowest BCUT2D eigenvalue weighted by molar-refractivity contribution is -0.138. The molecule has 1 N–H and O–H groups in total. The van der Waals surface area contributed by atoms with E-state index in [1.165, 1.54) is 18.1 Å². The molecule has 1 aliphatic rings. The van der Waals surface area contributed by atoms with Crippen molar-refractivity contribution in [2.75, 3.05) is 18.6 Å². The average Bonchev–Trinajstić information content (AvgIpc) is 2.87. The Kier molecular flexibility index (Phi) is 4.16. The molecule has 1 heterocycles. The number of carboxylic acids is 1. The van der Waals surface area contributed by atoms with Gasteiger partial charge in [-0.1, -0.05) is 18.7 Å². The number of amides is 1. The molecule has 0 aliphatic carbocycles. The topological polar surface area (TPSA) is 76.1 Å². The third-order valence-corrected chi connectivity index (χ3v) is 3.42. The highest BCUT2D eigenvalue weighted by molar-refractivity contribution is 6.00. The molecule has 0 saturated heterocycles. The number of hydrogen-bond donors (Lipinski definition) is 1. The van der Waals surface area contributed by atoms with E-state index < -0.39 is 18.1 Å². The molecule has 1 aliphatic heterocycles. The molecule has 0 radical (unpaired) electrons. The largest absolute Gasteiger partial charge is 0.496 e. The van der Waals surface area contributed by atoms with Gasteiger partial charge in [-0.2, -0.15) is 0 Å². The van der Waals surface area contributed by atoms with Gasteiger partial charge in [0.15, 0.2) is 0 Å². The summed E-state index contributed by atoms with van der Waals surface area (Å²) in [5.74, 6) is -0.510. The quantitative estimate of drug-likeness (QED) is 0.860. The molecule has 0 saturated carbocycles. The van der Waals surface area contributed by atoms with Crippen LogP contribution in [0.25, 0.3) is 0 Å². The summed E-state index contributed by atoms with van der Waals surface area (Å²) in [7, 11) is 1.51. The fourth-order valence-electron chi connectivity index (χ4n) is 2.52. The number of aryl methyl sites for hydroxylation is 1. The summed E-state index contributed by atoms with van der Waals surface area (Å²) in [4.78, 5) is 24.8. The first-order chi connectivity index (χ1) is 10.0. The van der Waals surface area contributed by atoms with Crippen molar-refractivity contribution in [2.45, 2.75) is 19.4 Å². The Morgan fingerprint density at radius 1 is 1.52 bits per heavy atom. The van der Waals surface area contributed by atoms with Crippen molar-refractivity contribution >= 4 is 17.7 Å². The van der Waals surface area contributed by atoms with E-state index in [-0.39, 0.29) is 13.0 Å². The zero-order valence-electron chi connectivity index (χ0n) is 12.0. The van der Waals surface area contributed by atoms with Crippen LogP contribution < -0.4 is 9.64 Å². The van der Waals surface area contributed by atoms with Crippen LogP contribution in [0.5, 0.6) is 5.75 Å². The van der Waals surface area contributed by atoms with Crippen molar-refractivity contribution in [3.8, 4) is 5.75 Å². The van der Waals surface area contributed by atoms with Crippen molar-refractivity contribution < 1.29 is 24.2 Å². The van der Waals surface area contributed by atoms with Crippen LogP contribution in [-0.2, 0) is 16.0 Å². The first kappa shape index (κ1) is 14.9. The van der Waals surface area contributed by atoms with Gasteiger partial charge in [0.25, 0.3) is 0 Å². The number of ether oxygens (including phenoxy) is 2. The molecule has 112 valence electrons. The van der Waals surface area contributed by atoms with Gasteiger partial charge in [0.2, 0.25) is 0 Å². The van der Waals surface area contributed by atoms with Gasteiger partial charge in [0, 0.05) is 12.0 Å². The Hall–Kier alpha value is -2.50. The fraction of sp³-hybridized carbons (Fsp3) is 0.333. The van der Waals surface area contributed by atoms with Crippen LogP contribution in [0.1, 0.15) is 11.1 Å². The van der Waals surface area contributed by atoms with Gasteiger partial charge in [0.05, 0.1) is 12.8 Å². The second kappa shape index (κ2) is 5.87. The number of rotatable bonds is 4. The van der Waals surface area contributed by atoms with E-state index in [4.69, 9.17) is 9.47 Å². The smallest absolute Gasteiger partial charge is 0.415 e. The Morgan fingerprint density at radius 3 is 2.81 bits per heavy atom. The van der Waals surface area contributed by atoms with Crippen LogP contribution in [0.2, 0.25) is 0 Å². The summed E-state index contributed by atoms with van der Waals surface area (Å²) in [6.45, 7) is 5.31. The highest BCUT2D eigenvalue weighted by Gasteiger charge is 2.41. The molecule has 0 bridgehead atoms. The van der Waals surface area contributed by atoms with Crippen molar-refractivity contribution in [2.24, 2.45) is 0 Å². The number of aliphatic carboxylic acids is 1. The molecule has 6 heteroatoms. The second-order valence-corrected chi connectivity index (χ2v) is 4.71. The monoisotopic (exact) mass is 291 g/mol. The van der Waals surface area contributed by atoms with Gasteiger partial charge in [-0.25, -0.2) is 9.59 Å². The predicted octanol–water partition coefficient (Wildman–Crippen LogP) is 2.14. The minimum Gasteiger partial charge on any atom is -0.496 e. The predicted molar refractivity (Wildman–Crippen MR) is 76.9 cm³/mol. The first-order valence-electron chi connectivity index (χ1n) is 6.47. The number of carbonyl (C=O) groups is 2. The van der Waals surface area contributed by atoms with Crippen LogP contribution in [0.3, 0.4) is 0 Å². The summed E-state index contributed by atoms with van der Waals surface area (Å²) in [6.07, 6.45) is 0.930. The highest BCUT2D eigenvalue weighted by Crippen LogP contribution is 2.41. The molecule has 1 amide bonds. The van der Waals surface area contributed by atoms with E-state index >= 15 is 0 Å². The van der Waals surface area contributed by atoms with Crippen LogP contribution in [0.4, 0.5) is 10.5 Å². The molecule has 1 unspecified atom stereocenters. The van der Waals surface area contributed by atoms with Gasteiger partial charge >= 0.3 is 12.1 Å². The van der Waals surface area contributed by atoms with Gasteiger partial charge in [-0.05, 0) is 18.6 Å². The third-order valence-electron chi connectivity index (χ3n) is 3.42. The number of methoxy groups -OCH3 is 1. The summed E-state index contributed by atoms with van der Waals surface area (Å²) in [5, 5.41) is 9.37. The van der Waals surface area contributed by atoms with Crippen LogP contribution in [0, 0.1) is 6.92 Å². The number of nitrogens with zero attached hydrogens (tertiary/aromatic N) is 1. The first-order valence-corrected chi connectivity index (χ1v) is 6.47. The van der Waals surface area contributed by atoms with E-state index in [9.17, 15) is 14.7 Å². The standard InChI is InChI=1S/C15H17NO5/c1-4-7-21-15(19)16-11(14(17)18)8-10-12(20-3)6-5-9(2)13(10)16/h4-6,11H,1,7-8H2,2-3H3,(H,17,18). The maximum absolute atomic E-state index is 12.2. The maximum atomic E-state index is 12.2. The molecular weight excluding hydrogens is 274 g/mol. The molecule has 0 spiro atoms. The minimum absolute atomic E-state index is 0.0278. The number of hydrogen-bond acceptors (Lipinski definition) is 4. The van der Waals surface area contributed by atoms with Crippen LogP contribution in [0.15, 0.2) is 24.8 Å². The molecular formula is C15H17NO5. The molecule has 2 rings (SSSR count). The van der Waals surface area contributed by atoms with Gasteiger partial charge in [0.1, 0.15) is 18.4 Å². The zero-order chi connectivity index (χ0) is 15.6. The van der Waals surface area contributed by atoms with Crippen molar-refractivity contribution in [3.05, 3.63) is 35.9 Å². The highest BCUT2D eigenvalue weighted by atomic mass is 16.6. The summed E-state index contributed by atoms with van der Waals surface area (Å²) >= 11 is 0. The molecule has 21 heavy (non-hydrogen) atoms. The van der Waals surface area contributed by atoms with Crippen molar-refractivity contribution in [1.82, 2.24) is 0 Å². The average molecular weight is 291 g/mol. The van der Waals surface area contributed by atoms with E-state index in [0.29, 0.717) is 17.0 Å². The SMILES string of the molecule is C=CCOC(=O)N1c2c(C)ccc(OC)c2CC1C(=O)O. The van der Waals surface area contributed by atoms with Gasteiger partial charge in [-0.15, -0.1) is 0 Å². The van der Waals surface area contributed by atoms with Crippen LogP contribution in [-0.4, -0.2) is 36.9 Å². The summed E-state index contributed by atoms with van der Waals surface area (Å²) in [5.41, 5.74) is 2.06. The molecule has 1 atom stereocenters. The van der Waals surface area contributed by atoms with E-state index in [1.54, 1.807) is 12.1 Å². The van der Waals surface area contributed by atoms with Crippen molar-refractivity contribution in [1.29, 1.82) is 0 Å². The Bertz CT molecular complexity index is 596. The summed E-state index contributed by atoms with van der Waals surface area (Å²) in [6, 6.07) is 2.56. The fourth-order valence-corrected chi connectivity index (χ4v) is 2.52. The lowest BCUT2D eigenvalue weighted by atomic mass is 10.1. The number of anilines is 1. The van der Waals surface area contributed by atoms with Gasteiger partial charge in [-0.3, -0.25) is 4.90 Å². The zero-order valence-corrected chi connectivity index (χ0v) is 12.0. The Morgan fingerprint density at radius 2 is 2.24 bits per heavy atom. The molecule has 1 aromatic rings. The van der Waals surface area contributed by atoms with Gasteiger partial charge < -0.3 is 14.6 Å². The van der Waals surface area contributed by atoms with Crippen molar-refractivity contribution in [3.63, 3.8) is 0 Å². The van der Waals surface area contributed by atoms with Crippen LogP contribution >= 0.6 is 0 Å².